The lowest BCUT2D eigenvalue weighted by molar-refractivity contribution is 0.416. The highest BCUT2D eigenvalue weighted by Crippen LogP contribution is 2.40. The molecular weight excluding hydrogens is 286 g/mol. The molecule has 2 N–H and O–H groups in total. The average Bonchev–Trinajstić information content (AvgIpc) is 2.62. The molecular formula is C19H15N3O. The van der Waals surface area contributed by atoms with Crippen molar-refractivity contribution in [3.63, 3.8) is 0 Å². The van der Waals surface area contributed by atoms with Crippen LogP contribution in [-0.4, -0.2) is 12.1 Å². The molecule has 112 valence electrons. The van der Waals surface area contributed by atoms with E-state index in [2.05, 4.69) is 11.1 Å². The Morgan fingerprint density at radius 3 is 2.39 bits per heavy atom. The van der Waals surface area contributed by atoms with E-state index in [1.807, 2.05) is 54.6 Å². The van der Waals surface area contributed by atoms with Crippen molar-refractivity contribution in [1.29, 1.82) is 5.26 Å². The lowest BCUT2D eigenvalue weighted by Crippen LogP contribution is -2.00. The smallest absolute Gasteiger partial charge is 0.141 e. The monoisotopic (exact) mass is 301 g/mol. The van der Waals surface area contributed by atoms with Gasteiger partial charge in [-0.1, -0.05) is 48.5 Å². The first-order chi connectivity index (χ1) is 11.3. The highest BCUT2D eigenvalue weighted by atomic mass is 16.5. The van der Waals surface area contributed by atoms with Crippen LogP contribution in [0, 0.1) is 11.3 Å². The van der Waals surface area contributed by atoms with Gasteiger partial charge in [0.05, 0.1) is 7.11 Å². The number of benzene rings is 2. The summed E-state index contributed by atoms with van der Waals surface area (Å²) < 4.78 is 5.46. The quantitative estimate of drug-likeness (QED) is 0.797. The van der Waals surface area contributed by atoms with Crippen LogP contribution in [0.3, 0.4) is 0 Å². The number of methoxy groups -OCH3 is 1. The predicted molar refractivity (Wildman–Crippen MR) is 90.8 cm³/mol. The third-order valence-corrected chi connectivity index (χ3v) is 3.68. The van der Waals surface area contributed by atoms with Gasteiger partial charge in [-0.15, -0.1) is 0 Å². The molecule has 0 aliphatic carbocycles. The molecule has 3 rings (SSSR count). The molecule has 4 heteroatoms. The van der Waals surface area contributed by atoms with Gasteiger partial charge in [0.15, 0.2) is 0 Å². The Hall–Kier alpha value is -3.32. The fourth-order valence-corrected chi connectivity index (χ4v) is 2.61. The van der Waals surface area contributed by atoms with Gasteiger partial charge in [-0.2, -0.15) is 5.26 Å². The fraction of sp³-hybridized carbons (Fsp3) is 0.0526. The number of rotatable bonds is 3. The summed E-state index contributed by atoms with van der Waals surface area (Å²) in [6.07, 6.45) is 1.70. The SMILES string of the molecule is COc1ccccc1-c1c(-c2ccccc2)cnc(N)c1C#N. The maximum absolute atomic E-state index is 9.58. The van der Waals surface area contributed by atoms with Crippen molar-refractivity contribution in [2.75, 3.05) is 12.8 Å². The molecule has 0 atom stereocenters. The minimum atomic E-state index is 0.216. The number of nitrogens with two attached hydrogens (primary N) is 1. The average molecular weight is 301 g/mol. The number of pyridine rings is 1. The lowest BCUT2D eigenvalue weighted by atomic mass is 9.92. The van der Waals surface area contributed by atoms with E-state index in [-0.39, 0.29) is 5.82 Å². The third-order valence-electron chi connectivity index (χ3n) is 3.68. The van der Waals surface area contributed by atoms with Gasteiger partial charge < -0.3 is 10.5 Å². The Morgan fingerprint density at radius 2 is 1.70 bits per heavy atom. The van der Waals surface area contributed by atoms with Gasteiger partial charge in [0.25, 0.3) is 0 Å². The van der Waals surface area contributed by atoms with E-state index in [0.29, 0.717) is 11.3 Å². The Balaban J connectivity index is 2.38. The number of hydrogen-bond acceptors (Lipinski definition) is 4. The van der Waals surface area contributed by atoms with E-state index >= 15 is 0 Å². The van der Waals surface area contributed by atoms with E-state index in [4.69, 9.17) is 10.5 Å². The number of nitrogens with zero attached hydrogens (tertiary/aromatic N) is 2. The van der Waals surface area contributed by atoms with Crippen LogP contribution >= 0.6 is 0 Å². The van der Waals surface area contributed by atoms with Gasteiger partial charge in [0, 0.05) is 22.9 Å². The van der Waals surface area contributed by atoms with E-state index in [9.17, 15) is 5.26 Å². The first-order valence-electron chi connectivity index (χ1n) is 7.13. The number of anilines is 1. The first-order valence-corrected chi connectivity index (χ1v) is 7.13. The van der Waals surface area contributed by atoms with Gasteiger partial charge in [-0.3, -0.25) is 0 Å². The molecule has 0 aliphatic rings. The summed E-state index contributed by atoms with van der Waals surface area (Å²) in [5.74, 6) is 0.903. The molecule has 1 heterocycles. The van der Waals surface area contributed by atoms with Crippen molar-refractivity contribution in [1.82, 2.24) is 4.98 Å². The van der Waals surface area contributed by atoms with Gasteiger partial charge in [0.1, 0.15) is 23.2 Å². The molecule has 0 saturated carbocycles. The minimum Gasteiger partial charge on any atom is -0.496 e. The maximum Gasteiger partial charge on any atom is 0.141 e. The number of hydrogen-bond donors (Lipinski definition) is 1. The van der Waals surface area contributed by atoms with Crippen LogP contribution < -0.4 is 10.5 Å². The zero-order chi connectivity index (χ0) is 16.2. The first kappa shape index (κ1) is 14.6. The molecule has 0 spiro atoms. The maximum atomic E-state index is 9.58. The molecule has 0 amide bonds. The molecule has 1 aromatic heterocycles. The number of aromatic nitrogens is 1. The highest BCUT2D eigenvalue weighted by Gasteiger charge is 2.18. The van der Waals surface area contributed by atoms with Crippen molar-refractivity contribution in [2.45, 2.75) is 0 Å². The Kier molecular flexibility index (Phi) is 3.94. The number of nitrogen functional groups attached to an aromatic ring is 1. The molecule has 0 bridgehead atoms. The van der Waals surface area contributed by atoms with Gasteiger partial charge in [-0.25, -0.2) is 4.98 Å². The topological polar surface area (TPSA) is 71.9 Å². The largest absolute Gasteiger partial charge is 0.496 e. The van der Waals surface area contributed by atoms with Crippen LogP contribution in [0.2, 0.25) is 0 Å². The Morgan fingerprint density at radius 1 is 1.00 bits per heavy atom. The summed E-state index contributed by atoms with van der Waals surface area (Å²) in [7, 11) is 1.61. The predicted octanol–water partition coefficient (Wildman–Crippen LogP) is 3.88. The van der Waals surface area contributed by atoms with Gasteiger partial charge in [0.2, 0.25) is 0 Å². The third kappa shape index (κ3) is 2.60. The molecule has 0 fully saturated rings. The highest BCUT2D eigenvalue weighted by molar-refractivity contribution is 5.91. The number of nitriles is 1. The molecule has 0 saturated heterocycles. The van der Waals surface area contributed by atoms with Crippen LogP contribution in [0.1, 0.15) is 5.56 Å². The summed E-state index contributed by atoms with van der Waals surface area (Å²) in [4.78, 5) is 4.18. The van der Waals surface area contributed by atoms with Crippen LogP contribution in [0.4, 0.5) is 5.82 Å². The number of para-hydroxylation sites is 1. The zero-order valence-corrected chi connectivity index (χ0v) is 12.7. The molecule has 3 aromatic rings. The zero-order valence-electron chi connectivity index (χ0n) is 12.7. The van der Waals surface area contributed by atoms with Crippen LogP contribution in [0.15, 0.2) is 60.8 Å². The summed E-state index contributed by atoms with van der Waals surface area (Å²) >= 11 is 0. The van der Waals surface area contributed by atoms with E-state index in [0.717, 1.165) is 22.3 Å². The molecule has 2 aromatic carbocycles. The van der Waals surface area contributed by atoms with Crippen molar-refractivity contribution in [2.24, 2.45) is 0 Å². The molecule has 4 nitrogen and oxygen atoms in total. The molecule has 23 heavy (non-hydrogen) atoms. The van der Waals surface area contributed by atoms with E-state index in [1.54, 1.807) is 13.3 Å². The van der Waals surface area contributed by atoms with Gasteiger partial charge in [-0.05, 0) is 11.6 Å². The van der Waals surface area contributed by atoms with Crippen molar-refractivity contribution in [3.05, 3.63) is 66.4 Å². The van der Waals surface area contributed by atoms with Crippen LogP contribution in [-0.2, 0) is 0 Å². The second kappa shape index (κ2) is 6.20. The van der Waals surface area contributed by atoms with Crippen molar-refractivity contribution in [3.8, 4) is 34.1 Å². The minimum absolute atomic E-state index is 0.216. The van der Waals surface area contributed by atoms with Crippen LogP contribution in [0.25, 0.3) is 22.3 Å². The van der Waals surface area contributed by atoms with Crippen molar-refractivity contribution >= 4 is 5.82 Å². The standard InChI is InChI=1S/C19H15N3O/c1-23-17-10-6-5-9-14(17)18-15(11-20)19(21)22-12-16(18)13-7-3-2-4-8-13/h2-10,12H,1H3,(H2,21,22). The second-order valence-corrected chi connectivity index (χ2v) is 4.99. The molecule has 0 unspecified atom stereocenters. The van der Waals surface area contributed by atoms with E-state index in [1.165, 1.54) is 0 Å². The molecule has 0 radical (unpaired) electrons. The Labute approximate surface area is 134 Å². The van der Waals surface area contributed by atoms with Crippen molar-refractivity contribution < 1.29 is 4.74 Å². The Bertz CT molecular complexity index is 883. The summed E-state index contributed by atoms with van der Waals surface area (Å²) in [6, 6.07) is 19.6. The van der Waals surface area contributed by atoms with Crippen LogP contribution in [0.5, 0.6) is 5.75 Å². The lowest BCUT2D eigenvalue weighted by Gasteiger charge is -2.15. The fourth-order valence-electron chi connectivity index (χ4n) is 2.61. The second-order valence-electron chi connectivity index (χ2n) is 4.99. The summed E-state index contributed by atoms with van der Waals surface area (Å²) in [6.45, 7) is 0. The van der Waals surface area contributed by atoms with E-state index < -0.39 is 0 Å². The normalized spacial score (nSPS) is 10.1. The summed E-state index contributed by atoms with van der Waals surface area (Å²) in [5, 5.41) is 9.58. The molecule has 0 aliphatic heterocycles. The van der Waals surface area contributed by atoms with Gasteiger partial charge >= 0.3 is 0 Å². The summed E-state index contributed by atoms with van der Waals surface area (Å²) in [5.41, 5.74) is 9.67. The number of ether oxygens (including phenoxy) is 1.